The van der Waals surface area contributed by atoms with Crippen LogP contribution in [-0.2, 0) is 0 Å². The number of nitrogens with two attached hydrogens (primary N) is 2. The lowest BCUT2D eigenvalue weighted by Gasteiger charge is -2.26. The summed E-state index contributed by atoms with van der Waals surface area (Å²) in [6.45, 7) is 0.519. The maximum absolute atomic E-state index is 9.05. The van der Waals surface area contributed by atoms with Crippen LogP contribution in [0.1, 0.15) is 19.3 Å². The van der Waals surface area contributed by atoms with Crippen molar-refractivity contribution in [2.75, 3.05) is 6.54 Å². The molecule has 6 nitrogen and oxygen atoms in total. The molecule has 0 radical (unpaired) electrons. The van der Waals surface area contributed by atoms with Crippen molar-refractivity contribution in [1.82, 2.24) is 0 Å². The van der Waals surface area contributed by atoms with E-state index in [0.29, 0.717) is 19.4 Å². The fourth-order valence-corrected chi connectivity index (χ4v) is 0.969. The molecule has 0 saturated carbocycles. The van der Waals surface area contributed by atoms with Crippen LogP contribution in [0.2, 0.25) is 0 Å². The molecule has 0 fully saturated rings. The van der Waals surface area contributed by atoms with Gasteiger partial charge in [0.15, 0.2) is 0 Å². The molecule has 80 valence electrons. The van der Waals surface area contributed by atoms with Gasteiger partial charge in [0.25, 0.3) is 0 Å². The number of hydrogen-bond donors (Lipinski definition) is 6. The second kappa shape index (κ2) is 5.48. The number of aliphatic hydroxyl groups excluding tert-OH is 1. The van der Waals surface area contributed by atoms with Gasteiger partial charge in [-0.05, 0) is 19.4 Å². The van der Waals surface area contributed by atoms with Gasteiger partial charge in [0.2, 0.25) is 0 Å². The third kappa shape index (κ3) is 5.14. The molecular weight excluding hydrogens is 176 g/mol. The molecular formula is C7H18N2O4. The second-order valence-corrected chi connectivity index (χ2v) is 3.08. The Morgan fingerprint density at radius 1 is 1.15 bits per heavy atom. The number of hydrogen-bond acceptors (Lipinski definition) is 6. The van der Waals surface area contributed by atoms with Crippen molar-refractivity contribution in [2.45, 2.75) is 37.4 Å². The second-order valence-electron chi connectivity index (χ2n) is 3.08. The molecule has 0 aliphatic heterocycles. The zero-order valence-electron chi connectivity index (χ0n) is 7.43. The number of unbranched alkanes of at least 4 members (excludes halogenated alkanes) is 1. The summed E-state index contributed by atoms with van der Waals surface area (Å²) in [6, 6.07) is -0.869. The third-order valence-electron chi connectivity index (χ3n) is 1.79. The van der Waals surface area contributed by atoms with Gasteiger partial charge in [-0.25, -0.2) is 0 Å². The molecule has 0 aromatic heterocycles. The first-order chi connectivity index (χ1) is 5.89. The van der Waals surface area contributed by atoms with E-state index in [0.717, 1.165) is 6.42 Å². The summed E-state index contributed by atoms with van der Waals surface area (Å²) in [5.74, 6) is -3.12. The minimum absolute atomic E-state index is 0.377. The fraction of sp³-hybridized carbons (Fsp3) is 1.00. The van der Waals surface area contributed by atoms with Crippen LogP contribution in [0.15, 0.2) is 0 Å². The van der Waals surface area contributed by atoms with E-state index in [-0.39, 0.29) is 0 Å². The molecule has 0 aliphatic rings. The van der Waals surface area contributed by atoms with Gasteiger partial charge < -0.3 is 31.9 Å². The summed E-state index contributed by atoms with van der Waals surface area (Å²) < 4.78 is 0. The summed E-state index contributed by atoms with van der Waals surface area (Å²) in [4.78, 5) is 0. The molecule has 0 bridgehead atoms. The molecule has 0 amide bonds. The van der Waals surface area contributed by atoms with Crippen LogP contribution in [-0.4, -0.2) is 45.1 Å². The molecule has 0 rings (SSSR count). The van der Waals surface area contributed by atoms with Crippen molar-refractivity contribution in [3.05, 3.63) is 0 Å². The van der Waals surface area contributed by atoms with Crippen LogP contribution in [0.25, 0.3) is 0 Å². The normalized spacial score (nSPS) is 17.1. The predicted molar refractivity (Wildman–Crippen MR) is 46.3 cm³/mol. The van der Waals surface area contributed by atoms with Gasteiger partial charge in [-0.3, -0.25) is 0 Å². The van der Waals surface area contributed by atoms with E-state index < -0.39 is 18.1 Å². The molecule has 0 aliphatic carbocycles. The number of aliphatic hydroxyl groups is 4. The Balaban J connectivity index is 3.76. The van der Waals surface area contributed by atoms with E-state index in [2.05, 4.69) is 0 Å². The molecule has 0 heterocycles. The van der Waals surface area contributed by atoms with Crippen LogP contribution in [0.3, 0.4) is 0 Å². The van der Waals surface area contributed by atoms with E-state index in [4.69, 9.17) is 31.9 Å². The highest BCUT2D eigenvalue weighted by atomic mass is 16.7. The van der Waals surface area contributed by atoms with Crippen molar-refractivity contribution in [1.29, 1.82) is 0 Å². The quantitative estimate of drug-likeness (QED) is 0.203. The van der Waals surface area contributed by atoms with E-state index >= 15 is 0 Å². The molecule has 0 aromatic rings. The van der Waals surface area contributed by atoms with Crippen LogP contribution in [0, 0.1) is 0 Å². The molecule has 2 atom stereocenters. The highest BCUT2D eigenvalue weighted by Gasteiger charge is 2.34. The highest BCUT2D eigenvalue weighted by molar-refractivity contribution is 4.76. The van der Waals surface area contributed by atoms with Crippen molar-refractivity contribution in [3.63, 3.8) is 0 Å². The van der Waals surface area contributed by atoms with E-state index in [1.54, 1.807) is 0 Å². The van der Waals surface area contributed by atoms with Crippen molar-refractivity contribution in [2.24, 2.45) is 11.5 Å². The summed E-state index contributed by atoms with van der Waals surface area (Å²) in [5.41, 5.74) is 10.6. The van der Waals surface area contributed by atoms with Gasteiger partial charge in [0, 0.05) is 6.04 Å². The summed E-state index contributed by atoms with van der Waals surface area (Å²) >= 11 is 0. The standard InChI is InChI=1S/C7H18N2O4/c8-4-2-1-3-5(9)6(10)7(11,12)13/h5-6,10-13H,1-4,8-9H2. The summed E-state index contributed by atoms with van der Waals surface area (Å²) in [7, 11) is 0. The van der Waals surface area contributed by atoms with Crippen LogP contribution in [0.5, 0.6) is 0 Å². The molecule has 6 heteroatoms. The smallest absolute Gasteiger partial charge is 0.304 e. The fourth-order valence-electron chi connectivity index (χ4n) is 0.969. The van der Waals surface area contributed by atoms with Crippen molar-refractivity contribution < 1.29 is 20.4 Å². The molecule has 0 spiro atoms. The van der Waals surface area contributed by atoms with Gasteiger partial charge in [-0.1, -0.05) is 6.42 Å². The zero-order chi connectivity index (χ0) is 10.5. The van der Waals surface area contributed by atoms with E-state index in [1.165, 1.54) is 0 Å². The SMILES string of the molecule is NCCCCC(N)C(O)C(O)(O)O. The van der Waals surface area contributed by atoms with Gasteiger partial charge in [-0.15, -0.1) is 0 Å². The van der Waals surface area contributed by atoms with E-state index in [9.17, 15) is 0 Å². The minimum atomic E-state index is -3.12. The van der Waals surface area contributed by atoms with Crippen LogP contribution in [0.4, 0.5) is 0 Å². The van der Waals surface area contributed by atoms with Gasteiger partial charge in [-0.2, -0.15) is 0 Å². The first-order valence-electron chi connectivity index (χ1n) is 4.20. The Bertz CT molecular complexity index is 137. The average molecular weight is 194 g/mol. The van der Waals surface area contributed by atoms with Gasteiger partial charge in [0.1, 0.15) is 6.10 Å². The number of rotatable bonds is 6. The topological polar surface area (TPSA) is 133 Å². The Morgan fingerprint density at radius 3 is 2.08 bits per heavy atom. The Hall–Kier alpha value is -0.240. The maximum Gasteiger partial charge on any atom is 0.304 e. The summed E-state index contributed by atoms with van der Waals surface area (Å²) in [5, 5.41) is 34.8. The largest absolute Gasteiger partial charge is 0.383 e. The van der Waals surface area contributed by atoms with Crippen LogP contribution >= 0.6 is 0 Å². The first kappa shape index (κ1) is 12.8. The zero-order valence-corrected chi connectivity index (χ0v) is 7.43. The molecule has 0 aromatic carbocycles. The molecule has 0 saturated heterocycles. The van der Waals surface area contributed by atoms with Crippen molar-refractivity contribution in [3.8, 4) is 0 Å². The van der Waals surface area contributed by atoms with E-state index in [1.807, 2.05) is 0 Å². The Kier molecular flexibility index (Phi) is 5.38. The lowest BCUT2D eigenvalue weighted by atomic mass is 10.0. The first-order valence-corrected chi connectivity index (χ1v) is 4.20. The lowest BCUT2D eigenvalue weighted by Crippen LogP contribution is -2.52. The van der Waals surface area contributed by atoms with Crippen LogP contribution < -0.4 is 11.5 Å². The Labute approximate surface area is 76.8 Å². The third-order valence-corrected chi connectivity index (χ3v) is 1.79. The molecule has 13 heavy (non-hydrogen) atoms. The average Bonchev–Trinajstić information content (AvgIpc) is 2.01. The minimum Gasteiger partial charge on any atom is -0.383 e. The maximum atomic E-state index is 9.05. The molecule has 2 unspecified atom stereocenters. The highest BCUT2D eigenvalue weighted by Crippen LogP contribution is 2.10. The summed E-state index contributed by atoms with van der Waals surface area (Å²) in [6.07, 6.45) is 0.0350. The van der Waals surface area contributed by atoms with Gasteiger partial charge >= 0.3 is 5.97 Å². The lowest BCUT2D eigenvalue weighted by molar-refractivity contribution is -0.357. The Morgan fingerprint density at radius 2 is 1.69 bits per heavy atom. The molecule has 8 N–H and O–H groups in total. The van der Waals surface area contributed by atoms with Crippen molar-refractivity contribution >= 4 is 0 Å². The monoisotopic (exact) mass is 194 g/mol. The van der Waals surface area contributed by atoms with Gasteiger partial charge in [0.05, 0.1) is 0 Å². The predicted octanol–water partition coefficient (Wildman–Crippen LogP) is -2.57.